The molecule has 2 rings (SSSR count). The van der Waals surface area contributed by atoms with Gasteiger partial charge < -0.3 is 19.5 Å². The van der Waals surface area contributed by atoms with Crippen molar-refractivity contribution in [2.45, 2.75) is 38.5 Å². The average Bonchev–Trinajstić information content (AvgIpc) is 2.83. The molecule has 0 aliphatic carbocycles. The van der Waals surface area contributed by atoms with Crippen LogP contribution in [0.2, 0.25) is 0 Å². The molecule has 1 fully saturated rings. The molecular weight excluding hydrogens is 242 g/mol. The zero-order valence-electron chi connectivity index (χ0n) is 11.9. The molecule has 0 spiro atoms. The van der Waals surface area contributed by atoms with Gasteiger partial charge in [-0.3, -0.25) is 0 Å². The van der Waals surface area contributed by atoms with E-state index in [4.69, 9.17) is 14.2 Å². The van der Waals surface area contributed by atoms with Gasteiger partial charge in [-0.2, -0.15) is 0 Å². The molecule has 1 aromatic carbocycles. The van der Waals surface area contributed by atoms with Gasteiger partial charge in [0.25, 0.3) is 0 Å². The third-order valence-electron chi connectivity index (χ3n) is 3.35. The summed E-state index contributed by atoms with van der Waals surface area (Å²) < 4.78 is 17.0. The van der Waals surface area contributed by atoms with Crippen molar-refractivity contribution in [3.8, 4) is 11.5 Å². The summed E-state index contributed by atoms with van der Waals surface area (Å²) >= 11 is 0. The van der Waals surface area contributed by atoms with E-state index in [2.05, 4.69) is 12.2 Å². The third kappa shape index (κ3) is 3.85. The van der Waals surface area contributed by atoms with Crippen LogP contribution in [0.1, 0.15) is 25.3 Å². The topological polar surface area (TPSA) is 39.7 Å². The fourth-order valence-electron chi connectivity index (χ4n) is 2.34. The van der Waals surface area contributed by atoms with Crippen molar-refractivity contribution in [1.82, 2.24) is 5.32 Å². The molecule has 1 N–H and O–H groups in total. The van der Waals surface area contributed by atoms with Gasteiger partial charge in [0.2, 0.25) is 0 Å². The molecule has 0 bridgehead atoms. The number of methoxy groups -OCH3 is 1. The number of hydrogen-bond donors (Lipinski definition) is 1. The van der Waals surface area contributed by atoms with Gasteiger partial charge in [-0.1, -0.05) is 6.07 Å². The van der Waals surface area contributed by atoms with E-state index in [1.54, 1.807) is 7.11 Å². The van der Waals surface area contributed by atoms with E-state index in [0.29, 0.717) is 12.7 Å². The number of benzene rings is 1. The Balaban J connectivity index is 1.98. The highest BCUT2D eigenvalue weighted by Gasteiger charge is 2.22. The lowest BCUT2D eigenvalue weighted by molar-refractivity contribution is 0.0259. The van der Waals surface area contributed by atoms with Gasteiger partial charge in [0.1, 0.15) is 6.61 Å². The van der Waals surface area contributed by atoms with Crippen LogP contribution in [-0.4, -0.2) is 33.0 Å². The van der Waals surface area contributed by atoms with Gasteiger partial charge in [-0.15, -0.1) is 0 Å². The standard InChI is InChI=1S/C15H23NO3/c1-11-4-6-13(19-11)10-18-15-8-12(9-16-2)5-7-14(15)17-3/h5,7-8,11,13,16H,4,6,9-10H2,1-3H3. The normalized spacial score (nSPS) is 22.5. The van der Waals surface area contributed by atoms with E-state index < -0.39 is 0 Å². The van der Waals surface area contributed by atoms with Gasteiger partial charge in [-0.25, -0.2) is 0 Å². The van der Waals surface area contributed by atoms with Crippen LogP contribution in [0.15, 0.2) is 18.2 Å². The van der Waals surface area contributed by atoms with Gasteiger partial charge in [-0.05, 0) is 44.5 Å². The molecule has 106 valence electrons. The molecule has 1 saturated heterocycles. The quantitative estimate of drug-likeness (QED) is 0.857. The lowest BCUT2D eigenvalue weighted by Crippen LogP contribution is -2.18. The van der Waals surface area contributed by atoms with Gasteiger partial charge in [0.05, 0.1) is 19.3 Å². The molecule has 1 aliphatic heterocycles. The number of hydrogen-bond acceptors (Lipinski definition) is 4. The maximum Gasteiger partial charge on any atom is 0.161 e. The number of nitrogens with one attached hydrogen (secondary N) is 1. The van der Waals surface area contributed by atoms with E-state index >= 15 is 0 Å². The number of ether oxygens (including phenoxy) is 3. The van der Waals surface area contributed by atoms with E-state index in [0.717, 1.165) is 30.9 Å². The smallest absolute Gasteiger partial charge is 0.161 e. The molecule has 0 aromatic heterocycles. The fourth-order valence-corrected chi connectivity index (χ4v) is 2.34. The van der Waals surface area contributed by atoms with E-state index in [1.807, 2.05) is 25.2 Å². The van der Waals surface area contributed by atoms with Crippen molar-refractivity contribution in [2.24, 2.45) is 0 Å². The molecule has 1 aliphatic rings. The Kier molecular flexibility index (Phi) is 5.05. The largest absolute Gasteiger partial charge is 0.493 e. The van der Waals surface area contributed by atoms with Crippen molar-refractivity contribution in [3.63, 3.8) is 0 Å². The first-order chi connectivity index (χ1) is 9.22. The van der Waals surface area contributed by atoms with Gasteiger partial charge >= 0.3 is 0 Å². The van der Waals surface area contributed by atoms with Crippen LogP contribution in [0.25, 0.3) is 0 Å². The molecule has 19 heavy (non-hydrogen) atoms. The Bertz CT molecular complexity index is 408. The van der Waals surface area contributed by atoms with Crippen molar-refractivity contribution in [1.29, 1.82) is 0 Å². The summed E-state index contributed by atoms with van der Waals surface area (Å²) in [4.78, 5) is 0. The average molecular weight is 265 g/mol. The maximum atomic E-state index is 5.87. The number of rotatable bonds is 6. The molecule has 2 atom stereocenters. The highest BCUT2D eigenvalue weighted by atomic mass is 16.6. The molecule has 1 aromatic rings. The van der Waals surface area contributed by atoms with Crippen LogP contribution in [0.5, 0.6) is 11.5 Å². The molecular formula is C15H23NO3. The van der Waals surface area contributed by atoms with E-state index in [1.165, 1.54) is 5.56 Å². The molecule has 0 radical (unpaired) electrons. The predicted octanol–water partition coefficient (Wildman–Crippen LogP) is 2.36. The second kappa shape index (κ2) is 6.78. The minimum Gasteiger partial charge on any atom is -0.493 e. The molecule has 4 heteroatoms. The van der Waals surface area contributed by atoms with Crippen molar-refractivity contribution in [2.75, 3.05) is 20.8 Å². The minimum atomic E-state index is 0.202. The summed E-state index contributed by atoms with van der Waals surface area (Å²) in [6.07, 6.45) is 2.74. The lowest BCUT2D eigenvalue weighted by Gasteiger charge is -2.15. The summed E-state index contributed by atoms with van der Waals surface area (Å²) in [7, 11) is 3.59. The van der Waals surface area contributed by atoms with Crippen LogP contribution in [0, 0.1) is 0 Å². The predicted molar refractivity (Wildman–Crippen MR) is 74.8 cm³/mol. The Labute approximate surface area is 115 Å². The van der Waals surface area contributed by atoms with Crippen LogP contribution in [-0.2, 0) is 11.3 Å². The minimum absolute atomic E-state index is 0.202. The molecule has 2 unspecified atom stereocenters. The lowest BCUT2D eigenvalue weighted by atomic mass is 10.2. The zero-order valence-corrected chi connectivity index (χ0v) is 11.9. The van der Waals surface area contributed by atoms with Crippen LogP contribution >= 0.6 is 0 Å². The Morgan fingerprint density at radius 2 is 2.16 bits per heavy atom. The first kappa shape index (κ1) is 14.2. The first-order valence-corrected chi connectivity index (χ1v) is 6.82. The summed E-state index contributed by atoms with van der Waals surface area (Å²) in [5.74, 6) is 1.56. The second-order valence-electron chi connectivity index (χ2n) is 4.97. The van der Waals surface area contributed by atoms with Crippen LogP contribution < -0.4 is 14.8 Å². The van der Waals surface area contributed by atoms with Crippen molar-refractivity contribution in [3.05, 3.63) is 23.8 Å². The van der Waals surface area contributed by atoms with Crippen LogP contribution in [0.4, 0.5) is 0 Å². The highest BCUT2D eigenvalue weighted by molar-refractivity contribution is 5.43. The fraction of sp³-hybridized carbons (Fsp3) is 0.600. The Morgan fingerprint density at radius 3 is 2.79 bits per heavy atom. The van der Waals surface area contributed by atoms with E-state index in [-0.39, 0.29) is 6.10 Å². The summed E-state index contributed by atoms with van der Waals surface area (Å²) in [5.41, 5.74) is 1.18. The zero-order chi connectivity index (χ0) is 13.7. The second-order valence-corrected chi connectivity index (χ2v) is 4.97. The Morgan fingerprint density at radius 1 is 1.32 bits per heavy atom. The summed E-state index contributed by atoms with van der Waals surface area (Å²) in [6, 6.07) is 6.00. The maximum absolute atomic E-state index is 5.87. The summed E-state index contributed by atoms with van der Waals surface area (Å²) in [5, 5.41) is 3.13. The van der Waals surface area contributed by atoms with Crippen molar-refractivity contribution < 1.29 is 14.2 Å². The van der Waals surface area contributed by atoms with Crippen molar-refractivity contribution >= 4 is 0 Å². The Hall–Kier alpha value is -1.26. The SMILES string of the molecule is CNCc1ccc(OC)c(OCC2CCC(C)O2)c1. The molecule has 4 nitrogen and oxygen atoms in total. The van der Waals surface area contributed by atoms with E-state index in [9.17, 15) is 0 Å². The monoisotopic (exact) mass is 265 g/mol. The molecule has 1 heterocycles. The summed E-state index contributed by atoms with van der Waals surface area (Å²) in [6.45, 7) is 3.51. The first-order valence-electron chi connectivity index (χ1n) is 6.82. The van der Waals surface area contributed by atoms with Gasteiger partial charge in [0, 0.05) is 6.54 Å². The molecule has 0 saturated carbocycles. The third-order valence-corrected chi connectivity index (χ3v) is 3.35. The molecule has 0 amide bonds. The van der Waals surface area contributed by atoms with Gasteiger partial charge in [0.15, 0.2) is 11.5 Å². The highest BCUT2D eigenvalue weighted by Crippen LogP contribution is 2.29. The van der Waals surface area contributed by atoms with Crippen LogP contribution in [0.3, 0.4) is 0 Å².